The highest BCUT2D eigenvalue weighted by Gasteiger charge is 2.18. The molecular formula is C13H19N5O2S. The van der Waals surface area contributed by atoms with E-state index in [9.17, 15) is 8.42 Å². The molecule has 0 amide bonds. The van der Waals surface area contributed by atoms with Gasteiger partial charge in [-0.25, -0.2) is 18.1 Å². The van der Waals surface area contributed by atoms with E-state index >= 15 is 0 Å². The van der Waals surface area contributed by atoms with E-state index in [-0.39, 0.29) is 4.90 Å². The molecule has 0 aromatic carbocycles. The van der Waals surface area contributed by atoms with Gasteiger partial charge in [0.2, 0.25) is 10.0 Å². The second-order valence-electron chi connectivity index (χ2n) is 4.55. The van der Waals surface area contributed by atoms with Gasteiger partial charge in [-0.05, 0) is 31.0 Å². The molecule has 114 valence electrons. The van der Waals surface area contributed by atoms with Gasteiger partial charge in [-0.15, -0.1) is 0 Å². The van der Waals surface area contributed by atoms with E-state index in [4.69, 9.17) is 0 Å². The minimum atomic E-state index is -3.58. The topological polar surface area (TPSA) is 88.9 Å². The Labute approximate surface area is 124 Å². The van der Waals surface area contributed by atoms with Gasteiger partial charge in [0, 0.05) is 32.5 Å². The molecule has 0 aliphatic heterocycles. The van der Waals surface area contributed by atoms with Gasteiger partial charge < -0.3 is 5.32 Å². The van der Waals surface area contributed by atoms with E-state index < -0.39 is 10.0 Å². The second-order valence-corrected chi connectivity index (χ2v) is 6.29. The lowest BCUT2D eigenvalue weighted by Crippen LogP contribution is -2.27. The minimum Gasteiger partial charge on any atom is -0.369 e. The Kier molecular flexibility index (Phi) is 4.92. The van der Waals surface area contributed by atoms with Crippen molar-refractivity contribution in [3.63, 3.8) is 0 Å². The molecule has 0 saturated carbocycles. The van der Waals surface area contributed by atoms with Crippen molar-refractivity contribution in [3.8, 4) is 0 Å². The highest BCUT2D eigenvalue weighted by molar-refractivity contribution is 7.89. The Hall–Kier alpha value is -1.93. The molecule has 0 aliphatic carbocycles. The summed E-state index contributed by atoms with van der Waals surface area (Å²) < 4.78 is 28.9. The van der Waals surface area contributed by atoms with Crippen molar-refractivity contribution in [1.29, 1.82) is 0 Å². The number of aryl methyl sites for hydroxylation is 1. The summed E-state index contributed by atoms with van der Waals surface area (Å²) in [5.41, 5.74) is 0.985. The van der Waals surface area contributed by atoms with Crippen LogP contribution in [0.25, 0.3) is 0 Å². The van der Waals surface area contributed by atoms with Crippen LogP contribution in [-0.4, -0.2) is 36.3 Å². The standard InChI is InChI=1S/C13H19N5O2S/c1-3-14-13-12(5-4-7-15-13)21(19,20)17-8-6-11-9-16-18(2)10-11/h4-5,7,9-10,17H,3,6,8H2,1-2H3,(H,14,15). The summed E-state index contributed by atoms with van der Waals surface area (Å²) in [6.07, 6.45) is 5.74. The Morgan fingerprint density at radius 3 is 2.86 bits per heavy atom. The maximum atomic E-state index is 12.3. The molecule has 8 heteroatoms. The Bertz CT molecular complexity index is 696. The number of pyridine rings is 1. The van der Waals surface area contributed by atoms with E-state index in [2.05, 4.69) is 20.1 Å². The molecule has 0 saturated heterocycles. The van der Waals surface area contributed by atoms with Crippen molar-refractivity contribution in [2.45, 2.75) is 18.2 Å². The Morgan fingerprint density at radius 2 is 2.19 bits per heavy atom. The number of hydrogen-bond donors (Lipinski definition) is 2. The summed E-state index contributed by atoms with van der Waals surface area (Å²) in [5.74, 6) is 0.369. The molecule has 2 aromatic heterocycles. The molecule has 0 fully saturated rings. The van der Waals surface area contributed by atoms with Crippen LogP contribution in [0.4, 0.5) is 5.82 Å². The first-order valence-corrected chi connectivity index (χ1v) is 8.17. The van der Waals surface area contributed by atoms with E-state index in [1.807, 2.05) is 20.2 Å². The van der Waals surface area contributed by atoms with Crippen molar-refractivity contribution < 1.29 is 8.42 Å². The molecule has 2 aromatic rings. The summed E-state index contributed by atoms with van der Waals surface area (Å²) >= 11 is 0. The smallest absolute Gasteiger partial charge is 0.244 e. The monoisotopic (exact) mass is 309 g/mol. The zero-order valence-electron chi connectivity index (χ0n) is 12.1. The zero-order chi connectivity index (χ0) is 15.3. The normalized spacial score (nSPS) is 11.5. The van der Waals surface area contributed by atoms with Crippen LogP contribution in [0.15, 0.2) is 35.6 Å². The predicted molar refractivity (Wildman–Crippen MR) is 80.5 cm³/mol. The quantitative estimate of drug-likeness (QED) is 0.788. The van der Waals surface area contributed by atoms with Crippen LogP contribution < -0.4 is 10.0 Å². The third-order valence-electron chi connectivity index (χ3n) is 2.87. The number of hydrogen-bond acceptors (Lipinski definition) is 5. The average Bonchev–Trinajstić information content (AvgIpc) is 2.85. The average molecular weight is 309 g/mol. The molecule has 0 atom stereocenters. The van der Waals surface area contributed by atoms with Gasteiger partial charge >= 0.3 is 0 Å². The van der Waals surface area contributed by atoms with E-state index in [0.717, 1.165) is 5.56 Å². The second kappa shape index (κ2) is 6.68. The van der Waals surface area contributed by atoms with Gasteiger partial charge in [0.15, 0.2) is 0 Å². The molecule has 0 bridgehead atoms. The number of anilines is 1. The zero-order valence-corrected chi connectivity index (χ0v) is 12.9. The number of sulfonamides is 1. The van der Waals surface area contributed by atoms with Gasteiger partial charge in [0.05, 0.1) is 6.20 Å². The highest BCUT2D eigenvalue weighted by atomic mass is 32.2. The molecular weight excluding hydrogens is 290 g/mol. The van der Waals surface area contributed by atoms with Gasteiger partial charge in [-0.3, -0.25) is 4.68 Å². The SMILES string of the molecule is CCNc1ncccc1S(=O)(=O)NCCc1cnn(C)c1. The molecule has 7 nitrogen and oxygen atoms in total. The Morgan fingerprint density at radius 1 is 1.38 bits per heavy atom. The molecule has 0 unspecified atom stereocenters. The third kappa shape index (κ3) is 4.02. The first kappa shape index (κ1) is 15.5. The fourth-order valence-corrected chi connectivity index (χ4v) is 3.08. The molecule has 2 rings (SSSR count). The van der Waals surface area contributed by atoms with Crippen LogP contribution in [-0.2, 0) is 23.5 Å². The maximum absolute atomic E-state index is 12.3. The van der Waals surface area contributed by atoms with Crippen molar-refractivity contribution >= 4 is 15.8 Å². The van der Waals surface area contributed by atoms with Crippen LogP contribution in [0.5, 0.6) is 0 Å². The maximum Gasteiger partial charge on any atom is 0.244 e. The summed E-state index contributed by atoms with van der Waals surface area (Å²) in [7, 11) is -1.75. The van der Waals surface area contributed by atoms with E-state index in [1.54, 1.807) is 23.1 Å². The summed E-state index contributed by atoms with van der Waals surface area (Å²) in [4.78, 5) is 4.23. The van der Waals surface area contributed by atoms with Crippen LogP contribution in [0.1, 0.15) is 12.5 Å². The lowest BCUT2D eigenvalue weighted by atomic mass is 10.3. The number of nitrogens with one attached hydrogen (secondary N) is 2. The fraction of sp³-hybridized carbons (Fsp3) is 0.385. The highest BCUT2D eigenvalue weighted by Crippen LogP contribution is 2.17. The summed E-state index contributed by atoms with van der Waals surface area (Å²) in [6.45, 7) is 2.81. The van der Waals surface area contributed by atoms with Crippen molar-refractivity contribution in [1.82, 2.24) is 19.5 Å². The molecule has 0 radical (unpaired) electrons. The van der Waals surface area contributed by atoms with Crippen molar-refractivity contribution in [2.24, 2.45) is 7.05 Å². The molecule has 21 heavy (non-hydrogen) atoms. The molecule has 0 aliphatic rings. The van der Waals surface area contributed by atoms with Crippen molar-refractivity contribution in [3.05, 3.63) is 36.3 Å². The predicted octanol–water partition coefficient (Wildman–Crippen LogP) is 0.768. The van der Waals surface area contributed by atoms with Crippen LogP contribution in [0.3, 0.4) is 0 Å². The summed E-state index contributed by atoms with van der Waals surface area (Å²) in [6, 6.07) is 3.15. The van der Waals surface area contributed by atoms with Crippen LogP contribution in [0, 0.1) is 0 Å². The van der Waals surface area contributed by atoms with E-state index in [0.29, 0.717) is 25.3 Å². The lowest BCUT2D eigenvalue weighted by molar-refractivity contribution is 0.581. The lowest BCUT2D eigenvalue weighted by Gasteiger charge is -2.10. The molecule has 0 spiro atoms. The number of rotatable bonds is 7. The van der Waals surface area contributed by atoms with Crippen LogP contribution >= 0.6 is 0 Å². The fourth-order valence-electron chi connectivity index (χ4n) is 1.92. The first-order chi connectivity index (χ1) is 10.0. The third-order valence-corrected chi connectivity index (χ3v) is 4.36. The van der Waals surface area contributed by atoms with Gasteiger partial charge in [0.25, 0.3) is 0 Å². The van der Waals surface area contributed by atoms with Gasteiger partial charge in [-0.2, -0.15) is 5.10 Å². The van der Waals surface area contributed by atoms with Gasteiger partial charge in [-0.1, -0.05) is 0 Å². The molecule has 2 N–H and O–H groups in total. The molecule has 2 heterocycles. The van der Waals surface area contributed by atoms with Crippen molar-refractivity contribution in [2.75, 3.05) is 18.4 Å². The van der Waals surface area contributed by atoms with Crippen LogP contribution in [0.2, 0.25) is 0 Å². The van der Waals surface area contributed by atoms with Gasteiger partial charge in [0.1, 0.15) is 10.7 Å². The minimum absolute atomic E-state index is 0.165. The van der Waals surface area contributed by atoms with E-state index in [1.165, 1.54) is 6.07 Å². The number of aromatic nitrogens is 3. The Balaban J connectivity index is 2.04. The first-order valence-electron chi connectivity index (χ1n) is 6.69. The summed E-state index contributed by atoms with van der Waals surface area (Å²) in [5, 5.41) is 7.00. The largest absolute Gasteiger partial charge is 0.369 e. The number of nitrogens with zero attached hydrogens (tertiary/aromatic N) is 3.